The number of ether oxygens (including phenoxy) is 1. The summed E-state index contributed by atoms with van der Waals surface area (Å²) in [6, 6.07) is 3.24. The van der Waals surface area contributed by atoms with Crippen LogP contribution in [0, 0.1) is 5.82 Å². The van der Waals surface area contributed by atoms with E-state index in [1.54, 1.807) is 6.07 Å². The van der Waals surface area contributed by atoms with E-state index in [0.717, 1.165) is 6.08 Å². The molecule has 0 saturated carbocycles. The number of rotatable bonds is 5. The first kappa shape index (κ1) is 14.7. The maximum Gasteiger partial charge on any atom is 0.325 e. The third-order valence-electron chi connectivity index (χ3n) is 2.33. The number of hydrogen-bond acceptors (Lipinski definition) is 3. The van der Waals surface area contributed by atoms with Gasteiger partial charge in [0, 0.05) is 6.08 Å². The van der Waals surface area contributed by atoms with Crippen LogP contribution in [0.3, 0.4) is 0 Å². The molecule has 102 valence electrons. The lowest BCUT2D eigenvalue weighted by Crippen LogP contribution is -2.37. The summed E-state index contributed by atoms with van der Waals surface area (Å²) in [5, 5.41) is 10.9. The van der Waals surface area contributed by atoms with Gasteiger partial charge in [0.25, 0.3) is 0 Å². The second-order valence-electron chi connectivity index (χ2n) is 3.80. The highest BCUT2D eigenvalue weighted by atomic mass is 19.1. The third kappa shape index (κ3) is 4.42. The fraction of sp³-hybridized carbons (Fsp3) is 0.231. The molecule has 1 aromatic rings. The van der Waals surface area contributed by atoms with Gasteiger partial charge >= 0.3 is 5.97 Å². The highest BCUT2D eigenvalue weighted by Gasteiger charge is 2.11. The topological polar surface area (TPSA) is 75.6 Å². The van der Waals surface area contributed by atoms with Crippen LogP contribution in [0.4, 0.5) is 4.39 Å². The van der Waals surface area contributed by atoms with Crippen LogP contribution in [0.15, 0.2) is 24.3 Å². The van der Waals surface area contributed by atoms with E-state index < -0.39 is 23.7 Å². The van der Waals surface area contributed by atoms with Crippen molar-refractivity contribution in [3.8, 4) is 5.75 Å². The highest BCUT2D eigenvalue weighted by Crippen LogP contribution is 2.18. The van der Waals surface area contributed by atoms with E-state index in [1.165, 1.54) is 32.2 Å². The van der Waals surface area contributed by atoms with Crippen LogP contribution in [0.2, 0.25) is 0 Å². The van der Waals surface area contributed by atoms with E-state index in [-0.39, 0.29) is 5.75 Å². The molecular weight excluding hydrogens is 253 g/mol. The molecule has 1 aromatic carbocycles. The molecule has 0 aromatic heterocycles. The van der Waals surface area contributed by atoms with Crippen LogP contribution in [-0.2, 0) is 9.59 Å². The number of amides is 1. The first-order valence-corrected chi connectivity index (χ1v) is 5.49. The van der Waals surface area contributed by atoms with Crippen LogP contribution in [0.5, 0.6) is 5.75 Å². The van der Waals surface area contributed by atoms with Gasteiger partial charge in [-0.25, -0.2) is 4.39 Å². The number of methoxy groups -OCH3 is 1. The summed E-state index contributed by atoms with van der Waals surface area (Å²) < 4.78 is 18.1. The molecule has 0 heterocycles. The molecular formula is C13H14FNO4. The monoisotopic (exact) mass is 267 g/mol. The van der Waals surface area contributed by atoms with E-state index in [1.807, 2.05) is 0 Å². The number of aliphatic carboxylic acids is 1. The summed E-state index contributed by atoms with van der Waals surface area (Å²) in [4.78, 5) is 21.9. The molecule has 2 N–H and O–H groups in total. The van der Waals surface area contributed by atoms with Gasteiger partial charge in [-0.2, -0.15) is 0 Å². The number of benzene rings is 1. The highest BCUT2D eigenvalue weighted by molar-refractivity contribution is 5.94. The number of halogens is 1. The summed E-state index contributed by atoms with van der Waals surface area (Å²) in [6.45, 7) is 1.35. The van der Waals surface area contributed by atoms with Gasteiger partial charge in [0.05, 0.1) is 7.11 Å². The van der Waals surface area contributed by atoms with Crippen molar-refractivity contribution in [2.45, 2.75) is 13.0 Å². The number of carboxylic acid groups (broad SMARTS) is 1. The Morgan fingerprint density at radius 3 is 2.68 bits per heavy atom. The van der Waals surface area contributed by atoms with Crippen molar-refractivity contribution < 1.29 is 23.8 Å². The maximum absolute atomic E-state index is 13.4. The Bertz CT molecular complexity index is 513. The standard InChI is InChI=1S/C13H14FNO4/c1-8(13(17)18)15-12(16)6-4-9-3-5-11(19-2)10(14)7-9/h3-8H,1-2H3,(H,15,16)(H,17,18)/b6-4+/t8-/m0/s1. The van der Waals surface area contributed by atoms with Gasteiger partial charge in [-0.15, -0.1) is 0 Å². The number of carbonyl (C=O) groups is 2. The Morgan fingerprint density at radius 2 is 2.16 bits per heavy atom. The smallest absolute Gasteiger partial charge is 0.325 e. The molecule has 0 unspecified atom stereocenters. The van der Waals surface area contributed by atoms with Crippen molar-refractivity contribution in [3.05, 3.63) is 35.7 Å². The normalized spacial score (nSPS) is 12.2. The molecule has 0 aliphatic rings. The summed E-state index contributed by atoms with van der Waals surface area (Å²) in [5.41, 5.74) is 0.469. The molecule has 0 fully saturated rings. The fourth-order valence-electron chi connectivity index (χ4n) is 1.28. The SMILES string of the molecule is COc1ccc(/C=C/C(=O)N[C@@H](C)C(=O)O)cc1F. The van der Waals surface area contributed by atoms with Crippen molar-refractivity contribution in [3.63, 3.8) is 0 Å². The van der Waals surface area contributed by atoms with Crippen LogP contribution < -0.4 is 10.1 Å². The molecule has 0 bridgehead atoms. The first-order valence-electron chi connectivity index (χ1n) is 5.49. The minimum Gasteiger partial charge on any atom is -0.494 e. The summed E-state index contributed by atoms with van der Waals surface area (Å²) in [7, 11) is 1.36. The van der Waals surface area contributed by atoms with Crippen molar-refractivity contribution >= 4 is 18.0 Å². The van der Waals surface area contributed by atoms with Crippen LogP contribution in [0.25, 0.3) is 6.08 Å². The van der Waals surface area contributed by atoms with E-state index in [4.69, 9.17) is 9.84 Å². The molecule has 19 heavy (non-hydrogen) atoms. The molecule has 0 radical (unpaired) electrons. The molecule has 5 nitrogen and oxygen atoms in total. The van der Waals surface area contributed by atoms with Crippen molar-refractivity contribution in [1.82, 2.24) is 5.32 Å². The number of nitrogens with one attached hydrogen (secondary N) is 1. The Morgan fingerprint density at radius 1 is 1.47 bits per heavy atom. The first-order chi connectivity index (χ1) is 8.93. The minimum atomic E-state index is -1.13. The molecule has 6 heteroatoms. The summed E-state index contributed by atoms with van der Waals surface area (Å²) in [6.07, 6.45) is 2.52. The molecule has 1 amide bonds. The van der Waals surface area contributed by atoms with Crippen LogP contribution in [-0.4, -0.2) is 30.1 Å². The molecule has 0 spiro atoms. The van der Waals surface area contributed by atoms with E-state index >= 15 is 0 Å². The quantitative estimate of drug-likeness (QED) is 0.791. The third-order valence-corrected chi connectivity index (χ3v) is 2.33. The number of carbonyl (C=O) groups excluding carboxylic acids is 1. The fourth-order valence-corrected chi connectivity index (χ4v) is 1.28. The molecule has 0 aliphatic carbocycles. The predicted molar refractivity (Wildman–Crippen MR) is 67.2 cm³/mol. The van der Waals surface area contributed by atoms with Crippen molar-refractivity contribution in [2.75, 3.05) is 7.11 Å². The predicted octanol–water partition coefficient (Wildman–Crippen LogP) is 1.44. The Hall–Kier alpha value is -2.37. The second-order valence-corrected chi connectivity index (χ2v) is 3.80. The lowest BCUT2D eigenvalue weighted by molar-refractivity contribution is -0.140. The van der Waals surface area contributed by atoms with E-state index in [0.29, 0.717) is 5.56 Å². The zero-order valence-electron chi connectivity index (χ0n) is 10.5. The average Bonchev–Trinajstić information content (AvgIpc) is 2.36. The zero-order valence-corrected chi connectivity index (χ0v) is 10.5. The average molecular weight is 267 g/mol. The lowest BCUT2D eigenvalue weighted by Gasteiger charge is -2.06. The summed E-state index contributed by atoms with van der Waals surface area (Å²) >= 11 is 0. The Kier molecular flexibility index (Phi) is 5.05. The molecule has 0 saturated heterocycles. The Labute approximate surface area is 109 Å². The van der Waals surface area contributed by atoms with Gasteiger partial charge in [-0.3, -0.25) is 9.59 Å². The van der Waals surface area contributed by atoms with Gasteiger partial charge in [-0.1, -0.05) is 6.07 Å². The van der Waals surface area contributed by atoms with Gasteiger partial charge in [0.1, 0.15) is 6.04 Å². The number of carboxylic acids is 1. The maximum atomic E-state index is 13.4. The molecule has 1 atom stereocenters. The van der Waals surface area contributed by atoms with Gasteiger partial charge in [-0.05, 0) is 30.7 Å². The second kappa shape index (κ2) is 6.53. The summed E-state index contributed by atoms with van der Waals surface area (Å²) in [5.74, 6) is -2.12. The molecule has 0 aliphatic heterocycles. The van der Waals surface area contributed by atoms with Crippen molar-refractivity contribution in [1.29, 1.82) is 0 Å². The van der Waals surface area contributed by atoms with E-state index in [9.17, 15) is 14.0 Å². The molecule has 1 rings (SSSR count). The Balaban J connectivity index is 2.68. The van der Waals surface area contributed by atoms with E-state index in [2.05, 4.69) is 5.32 Å². The lowest BCUT2D eigenvalue weighted by atomic mass is 10.2. The number of hydrogen-bond donors (Lipinski definition) is 2. The zero-order chi connectivity index (χ0) is 14.4. The minimum absolute atomic E-state index is 0.112. The van der Waals surface area contributed by atoms with Gasteiger partial charge < -0.3 is 15.2 Å². The van der Waals surface area contributed by atoms with Crippen LogP contribution in [0.1, 0.15) is 12.5 Å². The van der Waals surface area contributed by atoms with Gasteiger partial charge in [0.15, 0.2) is 11.6 Å². The van der Waals surface area contributed by atoms with Gasteiger partial charge in [0.2, 0.25) is 5.91 Å². The largest absolute Gasteiger partial charge is 0.494 e. The van der Waals surface area contributed by atoms with Crippen molar-refractivity contribution in [2.24, 2.45) is 0 Å². The van der Waals surface area contributed by atoms with Crippen LogP contribution >= 0.6 is 0 Å².